The van der Waals surface area contributed by atoms with Crippen molar-refractivity contribution in [1.82, 2.24) is 4.90 Å². The van der Waals surface area contributed by atoms with Crippen LogP contribution < -0.4 is 11.1 Å². The number of piperidine rings is 1. The highest BCUT2D eigenvalue weighted by atomic mass is 15.2. The van der Waals surface area contributed by atoms with E-state index in [4.69, 9.17) is 5.73 Å². The van der Waals surface area contributed by atoms with E-state index in [1.165, 1.54) is 37.9 Å². The van der Waals surface area contributed by atoms with Crippen molar-refractivity contribution >= 4 is 11.4 Å². The van der Waals surface area contributed by atoms with E-state index in [1.807, 2.05) is 12.1 Å². The van der Waals surface area contributed by atoms with Crippen molar-refractivity contribution in [3.63, 3.8) is 0 Å². The molecule has 2 rings (SSSR count). The van der Waals surface area contributed by atoms with Crippen LogP contribution in [0.2, 0.25) is 0 Å². The molecule has 1 unspecified atom stereocenters. The standard InChI is InChI=1S/C15H25N3/c1-12-8-14(16)10-15(9-12)17-11-13(2)18-6-4-3-5-7-18/h8-10,13,17H,3-7,11,16H2,1-2H3. The number of likely N-dealkylation sites (tertiary alicyclic amines) is 1. The maximum atomic E-state index is 5.86. The van der Waals surface area contributed by atoms with Gasteiger partial charge in [-0.05, 0) is 63.5 Å². The molecule has 1 saturated heterocycles. The average Bonchev–Trinajstić information content (AvgIpc) is 2.36. The molecule has 1 aliphatic heterocycles. The molecule has 0 aromatic heterocycles. The number of nitrogen functional groups attached to an aromatic ring is 1. The molecule has 3 heteroatoms. The summed E-state index contributed by atoms with van der Waals surface area (Å²) < 4.78 is 0. The van der Waals surface area contributed by atoms with E-state index >= 15 is 0 Å². The van der Waals surface area contributed by atoms with Gasteiger partial charge in [0.1, 0.15) is 0 Å². The SMILES string of the molecule is Cc1cc(N)cc(NCC(C)N2CCCCC2)c1. The Morgan fingerprint density at radius 2 is 1.94 bits per heavy atom. The molecule has 1 fully saturated rings. The lowest BCUT2D eigenvalue weighted by molar-refractivity contribution is 0.180. The first-order chi connectivity index (χ1) is 8.65. The van der Waals surface area contributed by atoms with E-state index in [9.17, 15) is 0 Å². The summed E-state index contributed by atoms with van der Waals surface area (Å²) in [6, 6.07) is 6.75. The molecule has 1 atom stereocenters. The molecule has 3 N–H and O–H groups in total. The summed E-state index contributed by atoms with van der Waals surface area (Å²) >= 11 is 0. The zero-order chi connectivity index (χ0) is 13.0. The van der Waals surface area contributed by atoms with E-state index in [-0.39, 0.29) is 0 Å². The Bertz CT molecular complexity index is 363. The van der Waals surface area contributed by atoms with E-state index in [0.717, 1.165) is 17.9 Å². The number of rotatable bonds is 4. The van der Waals surface area contributed by atoms with E-state index in [1.54, 1.807) is 0 Å². The minimum atomic E-state index is 0.590. The summed E-state index contributed by atoms with van der Waals surface area (Å²) in [6.45, 7) is 7.87. The van der Waals surface area contributed by atoms with Crippen molar-refractivity contribution in [1.29, 1.82) is 0 Å². The number of nitrogens with two attached hydrogens (primary N) is 1. The fourth-order valence-electron chi connectivity index (χ4n) is 2.67. The van der Waals surface area contributed by atoms with Crippen LogP contribution in [0.15, 0.2) is 18.2 Å². The van der Waals surface area contributed by atoms with Crippen molar-refractivity contribution in [2.45, 2.75) is 39.2 Å². The summed E-state index contributed by atoms with van der Waals surface area (Å²) in [5.74, 6) is 0. The second kappa shape index (κ2) is 6.10. The van der Waals surface area contributed by atoms with Crippen LogP contribution >= 0.6 is 0 Å². The quantitative estimate of drug-likeness (QED) is 0.804. The predicted octanol–water partition coefficient (Wildman–Crippen LogP) is 2.86. The molecule has 1 heterocycles. The maximum absolute atomic E-state index is 5.86. The number of nitrogens with zero attached hydrogens (tertiary/aromatic N) is 1. The highest BCUT2D eigenvalue weighted by Crippen LogP contribution is 2.17. The van der Waals surface area contributed by atoms with Gasteiger partial charge in [-0.15, -0.1) is 0 Å². The molecule has 100 valence electrons. The van der Waals surface area contributed by atoms with Crippen LogP contribution in [0.25, 0.3) is 0 Å². The normalized spacial score (nSPS) is 18.6. The minimum absolute atomic E-state index is 0.590. The van der Waals surface area contributed by atoms with Crippen LogP contribution in [0.1, 0.15) is 31.7 Å². The van der Waals surface area contributed by atoms with E-state index in [0.29, 0.717) is 6.04 Å². The highest BCUT2D eigenvalue weighted by molar-refractivity contribution is 5.56. The van der Waals surface area contributed by atoms with Crippen LogP contribution in [0.4, 0.5) is 11.4 Å². The first kappa shape index (κ1) is 13.2. The van der Waals surface area contributed by atoms with Crippen LogP contribution in [0, 0.1) is 6.92 Å². The molecule has 0 spiro atoms. The van der Waals surface area contributed by atoms with Crippen LogP contribution in [0.3, 0.4) is 0 Å². The van der Waals surface area contributed by atoms with E-state index in [2.05, 4.69) is 30.1 Å². The van der Waals surface area contributed by atoms with Gasteiger partial charge in [-0.3, -0.25) is 4.90 Å². The molecular weight excluding hydrogens is 222 g/mol. The largest absolute Gasteiger partial charge is 0.399 e. The molecule has 1 aromatic carbocycles. The average molecular weight is 247 g/mol. The Morgan fingerprint density at radius 3 is 2.61 bits per heavy atom. The molecule has 1 aliphatic rings. The Hall–Kier alpha value is -1.22. The van der Waals surface area contributed by atoms with Gasteiger partial charge in [0.2, 0.25) is 0 Å². The smallest absolute Gasteiger partial charge is 0.0364 e. The third-order valence-corrected chi connectivity index (χ3v) is 3.72. The molecule has 1 aromatic rings. The first-order valence-electron chi connectivity index (χ1n) is 7.00. The monoisotopic (exact) mass is 247 g/mol. The first-order valence-corrected chi connectivity index (χ1v) is 7.00. The predicted molar refractivity (Wildman–Crippen MR) is 79.0 cm³/mol. The zero-order valence-electron chi connectivity index (χ0n) is 11.6. The molecule has 3 nitrogen and oxygen atoms in total. The van der Waals surface area contributed by atoms with Crippen LogP contribution in [-0.2, 0) is 0 Å². The van der Waals surface area contributed by atoms with Crippen molar-refractivity contribution in [3.8, 4) is 0 Å². The number of aryl methyl sites for hydroxylation is 1. The van der Waals surface area contributed by atoms with Crippen LogP contribution in [-0.4, -0.2) is 30.6 Å². The van der Waals surface area contributed by atoms with Gasteiger partial charge in [0.05, 0.1) is 0 Å². The lowest BCUT2D eigenvalue weighted by atomic mass is 10.1. The van der Waals surface area contributed by atoms with Gasteiger partial charge in [0, 0.05) is 24.0 Å². The topological polar surface area (TPSA) is 41.3 Å². The summed E-state index contributed by atoms with van der Waals surface area (Å²) in [5, 5.41) is 3.50. The molecule has 0 amide bonds. The third kappa shape index (κ3) is 3.64. The summed E-state index contributed by atoms with van der Waals surface area (Å²) in [6.07, 6.45) is 4.09. The number of anilines is 2. The van der Waals surface area contributed by atoms with Gasteiger partial charge < -0.3 is 11.1 Å². The number of hydrogen-bond acceptors (Lipinski definition) is 3. The van der Waals surface area contributed by atoms with Gasteiger partial charge >= 0.3 is 0 Å². The Morgan fingerprint density at radius 1 is 1.22 bits per heavy atom. The lowest BCUT2D eigenvalue weighted by Gasteiger charge is -2.32. The number of nitrogens with one attached hydrogen (secondary N) is 1. The van der Waals surface area contributed by atoms with Gasteiger partial charge in [-0.2, -0.15) is 0 Å². The van der Waals surface area contributed by atoms with Gasteiger partial charge in [0.25, 0.3) is 0 Å². The Labute approximate surface area is 110 Å². The molecule has 0 saturated carbocycles. The highest BCUT2D eigenvalue weighted by Gasteiger charge is 2.16. The van der Waals surface area contributed by atoms with E-state index < -0.39 is 0 Å². The lowest BCUT2D eigenvalue weighted by Crippen LogP contribution is -2.41. The van der Waals surface area contributed by atoms with Crippen molar-refractivity contribution in [2.24, 2.45) is 0 Å². The maximum Gasteiger partial charge on any atom is 0.0364 e. The summed E-state index contributed by atoms with van der Waals surface area (Å²) in [7, 11) is 0. The Balaban J connectivity index is 1.86. The van der Waals surface area contributed by atoms with Gasteiger partial charge in [-0.1, -0.05) is 6.42 Å². The molecule has 0 radical (unpaired) electrons. The van der Waals surface area contributed by atoms with Crippen molar-refractivity contribution < 1.29 is 0 Å². The molecule has 18 heavy (non-hydrogen) atoms. The zero-order valence-corrected chi connectivity index (χ0v) is 11.6. The summed E-state index contributed by atoms with van der Waals surface area (Å²) in [5.41, 5.74) is 9.04. The van der Waals surface area contributed by atoms with Gasteiger partial charge in [-0.25, -0.2) is 0 Å². The second-order valence-corrected chi connectivity index (χ2v) is 5.46. The molecule has 0 aliphatic carbocycles. The van der Waals surface area contributed by atoms with Crippen molar-refractivity contribution in [3.05, 3.63) is 23.8 Å². The fraction of sp³-hybridized carbons (Fsp3) is 0.600. The summed E-state index contributed by atoms with van der Waals surface area (Å²) in [4.78, 5) is 2.58. The second-order valence-electron chi connectivity index (χ2n) is 5.46. The number of hydrogen-bond donors (Lipinski definition) is 2. The Kier molecular flexibility index (Phi) is 4.48. The fourth-order valence-corrected chi connectivity index (χ4v) is 2.67. The number of benzene rings is 1. The third-order valence-electron chi connectivity index (χ3n) is 3.72. The van der Waals surface area contributed by atoms with Crippen LogP contribution in [0.5, 0.6) is 0 Å². The molecular formula is C15H25N3. The van der Waals surface area contributed by atoms with Crippen molar-refractivity contribution in [2.75, 3.05) is 30.7 Å². The minimum Gasteiger partial charge on any atom is -0.399 e. The van der Waals surface area contributed by atoms with Gasteiger partial charge in [0.15, 0.2) is 0 Å². The molecule has 0 bridgehead atoms.